The Kier molecular flexibility index (Phi) is 4.22. The first-order chi connectivity index (χ1) is 13.0. The molecule has 3 heterocycles. The van der Waals surface area contributed by atoms with E-state index < -0.39 is 5.54 Å². The number of likely N-dealkylation sites (tertiary alicyclic amines) is 1. The quantitative estimate of drug-likeness (QED) is 0.897. The number of hydrogen-bond acceptors (Lipinski definition) is 5. The molecule has 0 radical (unpaired) electrons. The molecule has 140 valence electrons. The van der Waals surface area contributed by atoms with Gasteiger partial charge in [0, 0.05) is 26.1 Å². The van der Waals surface area contributed by atoms with E-state index in [0.717, 1.165) is 18.4 Å². The van der Waals surface area contributed by atoms with Gasteiger partial charge >= 0.3 is 0 Å². The zero-order valence-corrected chi connectivity index (χ0v) is 15.2. The van der Waals surface area contributed by atoms with Gasteiger partial charge in [-0.15, -0.1) is 0 Å². The molecule has 2 amide bonds. The third-order valence-corrected chi connectivity index (χ3v) is 5.51. The SMILES string of the molecule is CN1C(=O)C(c2ccccc2)(C2CCCN(C(=O)c3ccco3)C2)N=C1N. The maximum absolute atomic E-state index is 13.3. The number of hydrogen-bond donors (Lipinski definition) is 1. The Morgan fingerprint density at radius 1 is 1.26 bits per heavy atom. The van der Waals surface area contributed by atoms with E-state index in [2.05, 4.69) is 4.99 Å². The van der Waals surface area contributed by atoms with Gasteiger partial charge in [0.05, 0.1) is 6.26 Å². The minimum Gasteiger partial charge on any atom is -0.459 e. The summed E-state index contributed by atoms with van der Waals surface area (Å²) in [7, 11) is 1.64. The van der Waals surface area contributed by atoms with E-state index in [1.54, 1.807) is 24.1 Å². The topological polar surface area (TPSA) is 92.1 Å². The van der Waals surface area contributed by atoms with Crippen molar-refractivity contribution in [3.05, 3.63) is 60.1 Å². The van der Waals surface area contributed by atoms with E-state index in [-0.39, 0.29) is 23.7 Å². The third-order valence-electron chi connectivity index (χ3n) is 5.51. The second-order valence-corrected chi connectivity index (χ2v) is 7.03. The van der Waals surface area contributed by atoms with Crippen molar-refractivity contribution >= 4 is 17.8 Å². The molecule has 2 atom stereocenters. The molecule has 27 heavy (non-hydrogen) atoms. The van der Waals surface area contributed by atoms with Crippen LogP contribution in [0.1, 0.15) is 29.0 Å². The molecule has 4 rings (SSSR count). The maximum atomic E-state index is 13.3. The van der Waals surface area contributed by atoms with Crippen molar-refractivity contribution in [2.24, 2.45) is 16.6 Å². The molecule has 0 aliphatic carbocycles. The van der Waals surface area contributed by atoms with E-state index in [1.165, 1.54) is 11.2 Å². The second kappa shape index (κ2) is 6.57. The number of amides is 2. The first-order valence-electron chi connectivity index (χ1n) is 9.06. The third kappa shape index (κ3) is 2.70. The van der Waals surface area contributed by atoms with Crippen LogP contribution in [0, 0.1) is 5.92 Å². The summed E-state index contributed by atoms with van der Waals surface area (Å²) in [4.78, 5) is 33.8. The standard InChI is InChI=1S/C20H22N4O3/c1-23-18(26)20(22-19(23)21,14-7-3-2-4-8-14)15-9-5-11-24(13-15)17(25)16-10-6-12-27-16/h2-4,6-8,10,12,15H,5,9,11,13H2,1H3,(H2,21,22). The predicted molar refractivity (Wildman–Crippen MR) is 99.8 cm³/mol. The van der Waals surface area contributed by atoms with E-state index in [0.29, 0.717) is 18.8 Å². The number of piperidine rings is 1. The molecule has 7 nitrogen and oxygen atoms in total. The number of aliphatic imine (C=N–C) groups is 1. The maximum Gasteiger partial charge on any atom is 0.289 e. The summed E-state index contributed by atoms with van der Waals surface area (Å²) in [6, 6.07) is 12.8. The minimum absolute atomic E-state index is 0.150. The van der Waals surface area contributed by atoms with Gasteiger partial charge in [0.25, 0.3) is 11.8 Å². The van der Waals surface area contributed by atoms with Gasteiger partial charge in [-0.05, 0) is 30.5 Å². The Labute approximate surface area is 157 Å². The summed E-state index contributed by atoms with van der Waals surface area (Å²) in [5.41, 5.74) is 5.73. The fourth-order valence-electron chi connectivity index (χ4n) is 4.10. The number of nitrogens with zero attached hydrogens (tertiary/aromatic N) is 3. The second-order valence-electron chi connectivity index (χ2n) is 7.03. The summed E-state index contributed by atoms with van der Waals surface area (Å²) < 4.78 is 5.26. The van der Waals surface area contributed by atoms with Crippen LogP contribution in [-0.4, -0.2) is 47.7 Å². The van der Waals surface area contributed by atoms with Crippen molar-refractivity contribution in [3.8, 4) is 0 Å². The van der Waals surface area contributed by atoms with Crippen LogP contribution in [0.5, 0.6) is 0 Å². The molecular weight excluding hydrogens is 344 g/mol. The largest absolute Gasteiger partial charge is 0.459 e. The van der Waals surface area contributed by atoms with Crippen LogP contribution in [0.15, 0.2) is 58.1 Å². The number of furan rings is 1. The molecular formula is C20H22N4O3. The molecule has 2 aromatic rings. The minimum atomic E-state index is -1.10. The van der Waals surface area contributed by atoms with Gasteiger partial charge in [0.1, 0.15) is 0 Å². The zero-order chi connectivity index (χ0) is 19.0. The number of carbonyl (C=O) groups excluding carboxylic acids is 2. The molecule has 2 aliphatic heterocycles. The lowest BCUT2D eigenvalue weighted by Gasteiger charge is -2.40. The van der Waals surface area contributed by atoms with Crippen LogP contribution in [0.4, 0.5) is 0 Å². The summed E-state index contributed by atoms with van der Waals surface area (Å²) in [6.45, 7) is 1.05. The lowest BCUT2D eigenvalue weighted by atomic mass is 9.74. The molecule has 0 spiro atoms. The van der Waals surface area contributed by atoms with E-state index >= 15 is 0 Å². The van der Waals surface area contributed by atoms with Crippen molar-refractivity contribution in [1.29, 1.82) is 0 Å². The molecule has 1 saturated heterocycles. The number of rotatable bonds is 3. The number of guanidine groups is 1. The summed E-state index contributed by atoms with van der Waals surface area (Å²) in [5.74, 6) is 0.0383. The van der Waals surface area contributed by atoms with Crippen molar-refractivity contribution in [2.75, 3.05) is 20.1 Å². The van der Waals surface area contributed by atoms with Gasteiger partial charge in [0.2, 0.25) is 0 Å². The Balaban J connectivity index is 1.71. The molecule has 1 aromatic carbocycles. The number of carbonyl (C=O) groups is 2. The molecule has 2 aliphatic rings. The van der Waals surface area contributed by atoms with Crippen molar-refractivity contribution in [2.45, 2.75) is 18.4 Å². The van der Waals surface area contributed by atoms with Crippen LogP contribution < -0.4 is 5.73 Å². The normalized spacial score (nSPS) is 25.6. The average molecular weight is 366 g/mol. The molecule has 0 bridgehead atoms. The molecule has 7 heteroatoms. The van der Waals surface area contributed by atoms with Crippen LogP contribution in [0.25, 0.3) is 0 Å². The highest BCUT2D eigenvalue weighted by atomic mass is 16.3. The fourth-order valence-corrected chi connectivity index (χ4v) is 4.10. The highest BCUT2D eigenvalue weighted by Gasteiger charge is 2.54. The van der Waals surface area contributed by atoms with Crippen molar-refractivity contribution in [1.82, 2.24) is 9.80 Å². The number of nitrogens with two attached hydrogens (primary N) is 1. The zero-order valence-electron chi connectivity index (χ0n) is 15.2. The van der Waals surface area contributed by atoms with Gasteiger partial charge in [-0.25, -0.2) is 4.99 Å². The monoisotopic (exact) mass is 366 g/mol. The van der Waals surface area contributed by atoms with Crippen molar-refractivity contribution in [3.63, 3.8) is 0 Å². The lowest BCUT2D eigenvalue weighted by Crippen LogP contribution is -2.51. The van der Waals surface area contributed by atoms with Crippen LogP contribution >= 0.6 is 0 Å². The Morgan fingerprint density at radius 2 is 2.04 bits per heavy atom. The van der Waals surface area contributed by atoms with Gasteiger partial charge in [-0.3, -0.25) is 14.5 Å². The molecule has 2 unspecified atom stereocenters. The molecule has 1 fully saturated rings. The van der Waals surface area contributed by atoms with Crippen molar-refractivity contribution < 1.29 is 14.0 Å². The first kappa shape index (κ1) is 17.3. The van der Waals surface area contributed by atoms with Crippen LogP contribution in [-0.2, 0) is 10.3 Å². The highest BCUT2D eigenvalue weighted by Crippen LogP contribution is 2.43. The van der Waals surface area contributed by atoms with Gasteiger partial charge in [-0.2, -0.15) is 0 Å². The fraction of sp³-hybridized carbons (Fsp3) is 0.350. The molecule has 1 aromatic heterocycles. The Morgan fingerprint density at radius 3 is 2.67 bits per heavy atom. The van der Waals surface area contributed by atoms with E-state index in [9.17, 15) is 9.59 Å². The summed E-state index contributed by atoms with van der Waals surface area (Å²) >= 11 is 0. The number of benzene rings is 1. The number of likely N-dealkylation sites (N-methyl/N-ethyl adjacent to an activating group) is 1. The highest BCUT2D eigenvalue weighted by molar-refractivity contribution is 6.07. The van der Waals surface area contributed by atoms with Crippen LogP contribution in [0.2, 0.25) is 0 Å². The Hall–Kier alpha value is -3.09. The molecule has 2 N–H and O–H groups in total. The first-order valence-corrected chi connectivity index (χ1v) is 9.06. The van der Waals surface area contributed by atoms with Gasteiger partial charge in [-0.1, -0.05) is 30.3 Å². The lowest BCUT2D eigenvalue weighted by molar-refractivity contribution is -0.133. The van der Waals surface area contributed by atoms with Crippen LogP contribution in [0.3, 0.4) is 0 Å². The summed E-state index contributed by atoms with van der Waals surface area (Å²) in [5, 5.41) is 0. The van der Waals surface area contributed by atoms with E-state index in [4.69, 9.17) is 10.2 Å². The van der Waals surface area contributed by atoms with Gasteiger partial charge < -0.3 is 15.1 Å². The average Bonchev–Trinajstić information content (AvgIpc) is 3.32. The smallest absolute Gasteiger partial charge is 0.289 e. The van der Waals surface area contributed by atoms with E-state index in [1.807, 2.05) is 30.3 Å². The van der Waals surface area contributed by atoms with Gasteiger partial charge in [0.15, 0.2) is 17.3 Å². The predicted octanol–water partition coefficient (Wildman–Crippen LogP) is 1.81. The molecule has 0 saturated carbocycles. The Bertz CT molecular complexity index is 878. The summed E-state index contributed by atoms with van der Waals surface area (Å²) in [6.07, 6.45) is 3.06.